The number of methoxy groups -OCH3 is 1. The van der Waals surface area contributed by atoms with Crippen LogP contribution in [0.25, 0.3) is 0 Å². The van der Waals surface area contributed by atoms with Gasteiger partial charge in [0.25, 0.3) is 0 Å². The van der Waals surface area contributed by atoms with E-state index in [-0.39, 0.29) is 18.0 Å². The molecule has 0 saturated heterocycles. The molecule has 0 amide bonds. The van der Waals surface area contributed by atoms with Gasteiger partial charge < -0.3 is 14.6 Å². The molecule has 0 fully saturated rings. The second kappa shape index (κ2) is 6.38. The smallest absolute Gasteiger partial charge is 0.311 e. The van der Waals surface area contributed by atoms with Crippen LogP contribution in [0.15, 0.2) is 18.2 Å². The zero-order valence-electron chi connectivity index (χ0n) is 11.4. The molecule has 0 bridgehead atoms. The van der Waals surface area contributed by atoms with Gasteiger partial charge in [-0.05, 0) is 18.9 Å². The molecule has 0 aromatic heterocycles. The molecule has 1 aromatic rings. The quantitative estimate of drug-likeness (QED) is 0.607. The van der Waals surface area contributed by atoms with Crippen LogP contribution >= 0.6 is 0 Å². The fraction of sp³-hybridized carbons (Fsp3) is 0.538. The molecule has 0 aliphatic rings. The number of aliphatic hydroxyl groups is 1. The molecule has 0 atom stereocenters. The van der Waals surface area contributed by atoms with Gasteiger partial charge in [0.15, 0.2) is 0 Å². The van der Waals surface area contributed by atoms with E-state index in [0.717, 1.165) is 0 Å². The molecule has 1 rings (SSSR count). The zero-order valence-corrected chi connectivity index (χ0v) is 11.4. The summed E-state index contributed by atoms with van der Waals surface area (Å²) in [6.45, 7) is 3.69. The van der Waals surface area contributed by atoms with Gasteiger partial charge in [0.05, 0.1) is 17.6 Å². The van der Waals surface area contributed by atoms with Gasteiger partial charge in [0.2, 0.25) is 5.75 Å². The first-order valence-corrected chi connectivity index (χ1v) is 6.13. The summed E-state index contributed by atoms with van der Waals surface area (Å²) >= 11 is 0. The van der Waals surface area contributed by atoms with E-state index in [1.807, 2.05) is 13.8 Å². The molecule has 0 unspecified atom stereocenters. The summed E-state index contributed by atoms with van der Waals surface area (Å²) in [6.07, 6.45) is 1.03. The number of nitrogens with zero attached hydrogens (tertiary/aromatic N) is 1. The van der Waals surface area contributed by atoms with E-state index >= 15 is 0 Å². The maximum absolute atomic E-state index is 10.9. The predicted molar refractivity (Wildman–Crippen MR) is 70.7 cm³/mol. The number of nitro benzene ring substituents is 1. The van der Waals surface area contributed by atoms with E-state index in [1.54, 1.807) is 0 Å². The highest BCUT2D eigenvalue weighted by Gasteiger charge is 2.25. The molecular formula is C13H19NO5. The van der Waals surface area contributed by atoms with E-state index in [0.29, 0.717) is 18.6 Å². The summed E-state index contributed by atoms with van der Waals surface area (Å²) in [4.78, 5) is 10.4. The van der Waals surface area contributed by atoms with E-state index in [4.69, 9.17) is 9.47 Å². The van der Waals surface area contributed by atoms with Crippen molar-refractivity contribution >= 4 is 5.69 Å². The number of hydrogen-bond donors (Lipinski definition) is 1. The summed E-state index contributed by atoms with van der Waals surface area (Å²) in [5.74, 6) is 0.571. The van der Waals surface area contributed by atoms with Crippen LogP contribution in [0.3, 0.4) is 0 Å². The second-order valence-electron chi connectivity index (χ2n) is 4.31. The predicted octanol–water partition coefficient (Wildman–Crippen LogP) is 2.53. The maximum atomic E-state index is 10.9. The SMILES string of the molecule is CCC(O)(CC)COc1cc(OC)ccc1[N+](=O)[O-]. The van der Waals surface area contributed by atoms with Crippen LogP contribution in [0.2, 0.25) is 0 Å². The lowest BCUT2D eigenvalue weighted by molar-refractivity contribution is -0.386. The molecule has 6 heteroatoms. The lowest BCUT2D eigenvalue weighted by Gasteiger charge is -2.25. The Bertz CT molecular complexity index is 443. The first kappa shape index (κ1) is 15.2. The normalized spacial score (nSPS) is 11.2. The largest absolute Gasteiger partial charge is 0.497 e. The monoisotopic (exact) mass is 269 g/mol. The fourth-order valence-corrected chi connectivity index (χ4v) is 1.55. The van der Waals surface area contributed by atoms with Crippen molar-refractivity contribution in [2.24, 2.45) is 0 Å². The Kier molecular flexibility index (Phi) is 5.11. The van der Waals surface area contributed by atoms with Gasteiger partial charge >= 0.3 is 5.69 Å². The summed E-state index contributed by atoms with van der Waals surface area (Å²) in [5, 5.41) is 21.0. The average Bonchev–Trinajstić information content (AvgIpc) is 2.44. The van der Waals surface area contributed by atoms with Crippen molar-refractivity contribution in [3.63, 3.8) is 0 Å². The third-order valence-electron chi connectivity index (χ3n) is 3.18. The molecule has 1 N–H and O–H groups in total. The molecule has 6 nitrogen and oxygen atoms in total. The summed E-state index contributed by atoms with van der Waals surface area (Å²) in [5.41, 5.74) is -1.12. The van der Waals surface area contributed by atoms with Crippen LogP contribution in [0.1, 0.15) is 26.7 Å². The molecule has 0 saturated carbocycles. The Morgan fingerprint density at radius 3 is 2.47 bits per heavy atom. The molecule has 106 valence electrons. The second-order valence-corrected chi connectivity index (χ2v) is 4.31. The van der Waals surface area contributed by atoms with Crippen LogP contribution in [-0.2, 0) is 0 Å². The van der Waals surface area contributed by atoms with Crippen molar-refractivity contribution in [3.8, 4) is 11.5 Å². The molecule has 19 heavy (non-hydrogen) atoms. The minimum Gasteiger partial charge on any atom is -0.497 e. The minimum absolute atomic E-state index is 0.00794. The molecule has 0 aliphatic carbocycles. The van der Waals surface area contributed by atoms with E-state index in [2.05, 4.69) is 0 Å². The van der Waals surface area contributed by atoms with Gasteiger partial charge in [0, 0.05) is 12.1 Å². The first-order chi connectivity index (χ1) is 8.95. The molecule has 0 aliphatic heterocycles. The molecule has 0 heterocycles. The van der Waals surface area contributed by atoms with E-state index in [9.17, 15) is 15.2 Å². The summed E-state index contributed by atoms with van der Waals surface area (Å²) < 4.78 is 10.4. The first-order valence-electron chi connectivity index (χ1n) is 6.13. The molecule has 0 radical (unpaired) electrons. The third kappa shape index (κ3) is 3.82. The van der Waals surface area contributed by atoms with Crippen molar-refractivity contribution in [2.75, 3.05) is 13.7 Å². The van der Waals surface area contributed by atoms with Gasteiger partial charge in [-0.15, -0.1) is 0 Å². The zero-order chi connectivity index (χ0) is 14.5. The van der Waals surface area contributed by atoms with Gasteiger partial charge in [-0.1, -0.05) is 13.8 Å². The van der Waals surface area contributed by atoms with Crippen molar-refractivity contribution < 1.29 is 19.5 Å². The summed E-state index contributed by atoms with van der Waals surface area (Å²) in [7, 11) is 1.47. The van der Waals surface area contributed by atoms with E-state index in [1.165, 1.54) is 25.3 Å². The average molecular weight is 269 g/mol. The Morgan fingerprint density at radius 2 is 2.00 bits per heavy atom. The van der Waals surface area contributed by atoms with Gasteiger partial charge in [-0.2, -0.15) is 0 Å². The van der Waals surface area contributed by atoms with Gasteiger partial charge in [-0.25, -0.2) is 0 Å². The Balaban J connectivity index is 2.95. The summed E-state index contributed by atoms with van der Waals surface area (Å²) in [6, 6.07) is 4.27. The highest BCUT2D eigenvalue weighted by molar-refractivity contribution is 5.50. The van der Waals surface area contributed by atoms with Crippen molar-refractivity contribution in [3.05, 3.63) is 28.3 Å². The molecule has 1 aromatic carbocycles. The van der Waals surface area contributed by atoms with Crippen molar-refractivity contribution in [2.45, 2.75) is 32.3 Å². The highest BCUT2D eigenvalue weighted by atomic mass is 16.6. The lowest BCUT2D eigenvalue weighted by atomic mass is 9.99. The van der Waals surface area contributed by atoms with Crippen LogP contribution in [0.5, 0.6) is 11.5 Å². The molecule has 0 spiro atoms. The Labute approximate surface area is 112 Å². The fourth-order valence-electron chi connectivity index (χ4n) is 1.55. The Morgan fingerprint density at radius 1 is 1.37 bits per heavy atom. The standard InChI is InChI=1S/C13H19NO5/c1-4-13(15,5-2)9-19-12-8-10(18-3)6-7-11(12)14(16)17/h6-8,15H,4-5,9H2,1-3H3. The number of hydrogen-bond acceptors (Lipinski definition) is 5. The van der Waals surface area contributed by atoms with Crippen LogP contribution in [0, 0.1) is 10.1 Å². The number of rotatable bonds is 7. The topological polar surface area (TPSA) is 81.8 Å². The van der Waals surface area contributed by atoms with E-state index < -0.39 is 10.5 Å². The number of ether oxygens (including phenoxy) is 2. The van der Waals surface area contributed by atoms with Gasteiger partial charge in [0.1, 0.15) is 12.4 Å². The van der Waals surface area contributed by atoms with Crippen LogP contribution in [-0.4, -0.2) is 29.3 Å². The van der Waals surface area contributed by atoms with Crippen molar-refractivity contribution in [1.29, 1.82) is 0 Å². The number of benzene rings is 1. The van der Waals surface area contributed by atoms with Crippen molar-refractivity contribution in [1.82, 2.24) is 0 Å². The molecular weight excluding hydrogens is 250 g/mol. The minimum atomic E-state index is -0.975. The Hall–Kier alpha value is -1.82. The number of nitro groups is 1. The van der Waals surface area contributed by atoms with Crippen LogP contribution < -0.4 is 9.47 Å². The maximum Gasteiger partial charge on any atom is 0.311 e. The van der Waals surface area contributed by atoms with Gasteiger partial charge in [-0.3, -0.25) is 10.1 Å². The van der Waals surface area contributed by atoms with Crippen LogP contribution in [0.4, 0.5) is 5.69 Å². The lowest BCUT2D eigenvalue weighted by Crippen LogP contribution is -2.34. The highest BCUT2D eigenvalue weighted by Crippen LogP contribution is 2.32. The third-order valence-corrected chi connectivity index (χ3v) is 3.18.